The molecule has 2 rings (SSSR count). The van der Waals surface area contributed by atoms with Crippen molar-refractivity contribution < 1.29 is 17.9 Å². The first-order valence-corrected chi connectivity index (χ1v) is 8.91. The summed E-state index contributed by atoms with van der Waals surface area (Å²) in [6.45, 7) is 6.36. The summed E-state index contributed by atoms with van der Waals surface area (Å²) < 4.78 is 28.0. The third kappa shape index (κ3) is 4.11. The van der Waals surface area contributed by atoms with Gasteiger partial charge >= 0.3 is 6.09 Å². The number of carbonyl (C=O) groups is 1. The lowest BCUT2D eigenvalue weighted by molar-refractivity contribution is 0.0224. The van der Waals surface area contributed by atoms with Crippen LogP contribution >= 0.6 is 10.7 Å². The van der Waals surface area contributed by atoms with Crippen molar-refractivity contribution in [2.45, 2.75) is 44.2 Å². The summed E-state index contributed by atoms with van der Waals surface area (Å²) >= 11 is 0. The van der Waals surface area contributed by atoms with Crippen molar-refractivity contribution in [3.63, 3.8) is 0 Å². The molecule has 0 unspecified atom stereocenters. The first-order valence-electron chi connectivity index (χ1n) is 6.61. The molecule has 116 valence electrons. The number of benzene rings is 1. The van der Waals surface area contributed by atoms with Crippen molar-refractivity contribution in [1.82, 2.24) is 4.90 Å². The van der Waals surface area contributed by atoms with Crippen molar-refractivity contribution in [1.29, 1.82) is 0 Å². The maximum absolute atomic E-state index is 12.0. The zero-order valence-electron chi connectivity index (χ0n) is 12.2. The van der Waals surface area contributed by atoms with Crippen molar-refractivity contribution in [3.8, 4) is 0 Å². The molecule has 0 spiro atoms. The molecule has 1 aliphatic heterocycles. The minimum atomic E-state index is -3.72. The molecular formula is C14H18ClNO4S. The average Bonchev–Trinajstić information content (AvgIpc) is 2.34. The number of amides is 1. The number of hydrogen-bond donors (Lipinski definition) is 0. The number of rotatable bonds is 1. The summed E-state index contributed by atoms with van der Waals surface area (Å²) in [4.78, 5) is 13.7. The van der Waals surface area contributed by atoms with E-state index in [0.717, 1.165) is 11.1 Å². The van der Waals surface area contributed by atoms with E-state index in [1.807, 2.05) is 20.8 Å². The van der Waals surface area contributed by atoms with Crippen LogP contribution in [-0.2, 0) is 26.8 Å². The molecule has 0 N–H and O–H groups in total. The molecule has 1 aromatic rings. The molecule has 0 bridgehead atoms. The summed E-state index contributed by atoms with van der Waals surface area (Å²) in [7, 11) is 1.62. The monoisotopic (exact) mass is 331 g/mol. The summed E-state index contributed by atoms with van der Waals surface area (Å²) in [5, 5.41) is 0. The quantitative estimate of drug-likeness (QED) is 0.742. The van der Waals surface area contributed by atoms with Crippen LogP contribution in [0.2, 0.25) is 0 Å². The Labute approximate surface area is 129 Å². The van der Waals surface area contributed by atoms with Gasteiger partial charge in [0.05, 0.1) is 4.90 Å². The lowest BCUT2D eigenvalue weighted by Gasteiger charge is -2.31. The van der Waals surface area contributed by atoms with Crippen LogP contribution in [0, 0.1) is 0 Å². The van der Waals surface area contributed by atoms with Gasteiger partial charge < -0.3 is 9.64 Å². The van der Waals surface area contributed by atoms with Crippen molar-refractivity contribution in [2.75, 3.05) is 6.54 Å². The molecule has 21 heavy (non-hydrogen) atoms. The zero-order chi connectivity index (χ0) is 15.8. The Morgan fingerprint density at radius 1 is 1.29 bits per heavy atom. The molecule has 1 aromatic carbocycles. The molecule has 0 atom stereocenters. The Balaban J connectivity index is 2.17. The fourth-order valence-corrected chi connectivity index (χ4v) is 2.96. The first-order chi connectivity index (χ1) is 9.56. The van der Waals surface area contributed by atoms with Gasteiger partial charge in [-0.15, -0.1) is 0 Å². The van der Waals surface area contributed by atoms with Gasteiger partial charge in [-0.1, -0.05) is 6.07 Å². The van der Waals surface area contributed by atoms with Crippen LogP contribution in [0.4, 0.5) is 4.79 Å². The number of fused-ring (bicyclic) bond motifs is 1. The predicted molar refractivity (Wildman–Crippen MR) is 79.8 cm³/mol. The first kappa shape index (κ1) is 16.1. The van der Waals surface area contributed by atoms with Crippen LogP contribution in [0.5, 0.6) is 0 Å². The van der Waals surface area contributed by atoms with E-state index in [9.17, 15) is 13.2 Å². The Morgan fingerprint density at radius 2 is 1.95 bits per heavy atom. The third-order valence-corrected chi connectivity index (χ3v) is 4.47. The molecule has 7 heteroatoms. The van der Waals surface area contributed by atoms with E-state index in [2.05, 4.69) is 0 Å². The smallest absolute Gasteiger partial charge is 0.410 e. The van der Waals surface area contributed by atoms with E-state index in [0.29, 0.717) is 19.5 Å². The van der Waals surface area contributed by atoms with Gasteiger partial charge in [-0.25, -0.2) is 13.2 Å². The van der Waals surface area contributed by atoms with Gasteiger partial charge in [0, 0.05) is 23.8 Å². The van der Waals surface area contributed by atoms with Gasteiger partial charge in [-0.2, -0.15) is 0 Å². The lowest BCUT2D eigenvalue weighted by atomic mass is 10.0. The van der Waals surface area contributed by atoms with E-state index in [1.165, 1.54) is 6.07 Å². The average molecular weight is 332 g/mol. The highest BCUT2D eigenvalue weighted by atomic mass is 35.7. The normalized spacial score (nSPS) is 15.5. The maximum Gasteiger partial charge on any atom is 0.410 e. The SMILES string of the molecule is CC(C)(C)OC(=O)N1CCc2cc(S(=O)(=O)Cl)ccc2C1. The third-order valence-electron chi connectivity index (χ3n) is 3.12. The van der Waals surface area contributed by atoms with E-state index in [1.54, 1.807) is 17.0 Å². The number of hydrogen-bond acceptors (Lipinski definition) is 4. The standard InChI is InChI=1S/C14H18ClNO4S/c1-14(2,3)20-13(17)16-7-6-10-8-12(21(15,18)19)5-4-11(10)9-16/h4-5,8H,6-7,9H2,1-3H3. The van der Waals surface area contributed by atoms with Gasteiger partial charge in [0.2, 0.25) is 0 Å². The Morgan fingerprint density at radius 3 is 2.52 bits per heavy atom. The number of nitrogens with zero attached hydrogens (tertiary/aromatic N) is 1. The predicted octanol–water partition coefficient (Wildman–Crippen LogP) is 2.91. The highest BCUT2D eigenvalue weighted by Gasteiger charge is 2.26. The van der Waals surface area contributed by atoms with Crippen molar-refractivity contribution in [2.24, 2.45) is 0 Å². The molecule has 1 amide bonds. The summed E-state index contributed by atoms with van der Waals surface area (Å²) in [6.07, 6.45) is 0.219. The fourth-order valence-electron chi connectivity index (χ4n) is 2.16. The molecular weight excluding hydrogens is 314 g/mol. The molecule has 5 nitrogen and oxygen atoms in total. The number of carbonyl (C=O) groups excluding carboxylic acids is 1. The van der Waals surface area contributed by atoms with E-state index in [4.69, 9.17) is 15.4 Å². The molecule has 0 aliphatic carbocycles. The van der Waals surface area contributed by atoms with Crippen LogP contribution in [0.3, 0.4) is 0 Å². The zero-order valence-corrected chi connectivity index (χ0v) is 13.8. The van der Waals surface area contributed by atoms with Gasteiger partial charge in [-0.3, -0.25) is 0 Å². The fraction of sp³-hybridized carbons (Fsp3) is 0.500. The van der Waals surface area contributed by atoms with Gasteiger partial charge in [0.1, 0.15) is 5.60 Å². The molecule has 1 heterocycles. The largest absolute Gasteiger partial charge is 0.444 e. The van der Waals surface area contributed by atoms with Gasteiger partial charge in [0.25, 0.3) is 9.05 Å². The van der Waals surface area contributed by atoms with Crippen LogP contribution < -0.4 is 0 Å². The summed E-state index contributed by atoms with van der Waals surface area (Å²) in [6, 6.07) is 4.73. The molecule has 0 aromatic heterocycles. The van der Waals surface area contributed by atoms with Crippen molar-refractivity contribution in [3.05, 3.63) is 29.3 Å². The van der Waals surface area contributed by atoms with Crippen LogP contribution in [0.1, 0.15) is 31.9 Å². The van der Waals surface area contributed by atoms with Gasteiger partial charge in [0.15, 0.2) is 0 Å². The molecule has 0 saturated heterocycles. The van der Waals surface area contributed by atoms with Crippen LogP contribution in [0.25, 0.3) is 0 Å². The Kier molecular flexibility index (Phi) is 4.22. The topological polar surface area (TPSA) is 63.7 Å². The molecule has 0 fully saturated rings. The summed E-state index contributed by atoms with van der Waals surface area (Å²) in [5.74, 6) is 0. The summed E-state index contributed by atoms with van der Waals surface area (Å²) in [5.41, 5.74) is 1.28. The number of halogens is 1. The second-order valence-electron chi connectivity index (χ2n) is 6.02. The van der Waals surface area contributed by atoms with Crippen LogP contribution in [0.15, 0.2) is 23.1 Å². The second-order valence-corrected chi connectivity index (χ2v) is 8.59. The van der Waals surface area contributed by atoms with Crippen molar-refractivity contribution >= 4 is 25.8 Å². The van der Waals surface area contributed by atoms with E-state index in [-0.39, 0.29) is 11.0 Å². The highest BCUT2D eigenvalue weighted by molar-refractivity contribution is 8.13. The van der Waals surface area contributed by atoms with E-state index >= 15 is 0 Å². The second kappa shape index (κ2) is 5.50. The Bertz CT molecular complexity index is 664. The minimum absolute atomic E-state index is 0.0913. The lowest BCUT2D eigenvalue weighted by Crippen LogP contribution is -2.39. The molecule has 0 radical (unpaired) electrons. The van der Waals surface area contributed by atoms with E-state index < -0.39 is 14.7 Å². The molecule has 1 aliphatic rings. The van der Waals surface area contributed by atoms with Gasteiger partial charge in [-0.05, 0) is 50.5 Å². The Hall–Kier alpha value is -1.27. The number of ether oxygens (including phenoxy) is 1. The van der Waals surface area contributed by atoms with Crippen LogP contribution in [-0.4, -0.2) is 31.6 Å². The molecule has 0 saturated carbocycles. The maximum atomic E-state index is 12.0. The minimum Gasteiger partial charge on any atom is -0.444 e. The highest BCUT2D eigenvalue weighted by Crippen LogP contribution is 2.25.